The lowest BCUT2D eigenvalue weighted by Gasteiger charge is -2.09. The van der Waals surface area contributed by atoms with Crippen LogP contribution in [0.25, 0.3) is 22.3 Å². The lowest BCUT2D eigenvalue weighted by Crippen LogP contribution is -1.97. The zero-order chi connectivity index (χ0) is 15.1. The van der Waals surface area contributed by atoms with Crippen LogP contribution in [-0.4, -0.2) is 9.97 Å². The van der Waals surface area contributed by atoms with Gasteiger partial charge >= 0.3 is 0 Å². The molecular formula is C16H11BrClFN2. The fourth-order valence-corrected chi connectivity index (χ4v) is 3.12. The maximum atomic E-state index is 14.3. The predicted molar refractivity (Wildman–Crippen MR) is 87.1 cm³/mol. The highest BCUT2D eigenvalue weighted by molar-refractivity contribution is 9.10. The summed E-state index contributed by atoms with van der Waals surface area (Å²) in [4.78, 5) is 8.76. The van der Waals surface area contributed by atoms with Crippen LogP contribution in [0.5, 0.6) is 0 Å². The number of aromatic nitrogens is 2. The Hall–Kier alpha value is -1.52. The number of nitrogens with zero attached hydrogens (tertiary/aromatic N) is 2. The molecule has 0 aliphatic rings. The van der Waals surface area contributed by atoms with Crippen molar-refractivity contribution < 1.29 is 4.39 Å². The second kappa shape index (κ2) is 5.35. The van der Waals surface area contributed by atoms with Crippen LogP contribution in [0, 0.1) is 19.7 Å². The lowest BCUT2D eigenvalue weighted by atomic mass is 10.1. The first-order valence-corrected chi connectivity index (χ1v) is 7.54. The van der Waals surface area contributed by atoms with Crippen molar-refractivity contribution in [1.82, 2.24) is 9.97 Å². The summed E-state index contributed by atoms with van der Waals surface area (Å²) in [7, 11) is 0. The van der Waals surface area contributed by atoms with Crippen molar-refractivity contribution in [3.63, 3.8) is 0 Å². The van der Waals surface area contributed by atoms with Crippen molar-refractivity contribution in [1.29, 1.82) is 0 Å². The smallest absolute Gasteiger partial charge is 0.164 e. The Balaban J connectivity index is 2.36. The van der Waals surface area contributed by atoms with E-state index in [1.165, 1.54) is 0 Å². The molecule has 5 heteroatoms. The Morgan fingerprint density at radius 2 is 1.81 bits per heavy atom. The fraction of sp³-hybridized carbons (Fsp3) is 0.125. The molecule has 0 aliphatic carbocycles. The maximum absolute atomic E-state index is 14.3. The quantitative estimate of drug-likeness (QED) is 0.534. The average molecular weight is 366 g/mol. The minimum Gasteiger partial charge on any atom is -0.227 e. The Labute approximate surface area is 135 Å². The third-order valence-corrected chi connectivity index (χ3v) is 4.32. The van der Waals surface area contributed by atoms with Crippen molar-refractivity contribution in [3.8, 4) is 11.4 Å². The molecule has 0 N–H and O–H groups in total. The molecular weight excluding hydrogens is 355 g/mol. The Bertz CT molecular complexity index is 865. The van der Waals surface area contributed by atoms with Crippen molar-refractivity contribution in [2.45, 2.75) is 13.8 Å². The highest BCUT2D eigenvalue weighted by atomic mass is 79.9. The van der Waals surface area contributed by atoms with Crippen molar-refractivity contribution in [2.24, 2.45) is 0 Å². The van der Waals surface area contributed by atoms with E-state index in [9.17, 15) is 4.39 Å². The van der Waals surface area contributed by atoms with Crippen LogP contribution >= 0.6 is 27.5 Å². The van der Waals surface area contributed by atoms with Gasteiger partial charge in [0, 0.05) is 4.47 Å². The van der Waals surface area contributed by atoms with Crippen molar-refractivity contribution >= 4 is 38.4 Å². The molecule has 106 valence electrons. The summed E-state index contributed by atoms with van der Waals surface area (Å²) in [6, 6.07) is 8.99. The van der Waals surface area contributed by atoms with Crippen LogP contribution in [0.3, 0.4) is 0 Å². The molecule has 0 unspecified atom stereocenters. The van der Waals surface area contributed by atoms with Gasteiger partial charge in [-0.05, 0) is 53.0 Å². The van der Waals surface area contributed by atoms with Gasteiger partial charge in [-0.25, -0.2) is 14.4 Å². The molecule has 0 bridgehead atoms. The molecule has 0 spiro atoms. The minimum atomic E-state index is -0.319. The normalized spacial score (nSPS) is 11.1. The number of hydrogen-bond donors (Lipinski definition) is 0. The SMILES string of the molecule is Cc1cccc(-c2nc(Cl)c3c(Br)ccc(C)c3n2)c1F. The molecule has 3 aromatic rings. The summed E-state index contributed by atoms with van der Waals surface area (Å²) >= 11 is 9.73. The van der Waals surface area contributed by atoms with Gasteiger partial charge in [0.1, 0.15) is 11.0 Å². The maximum Gasteiger partial charge on any atom is 0.164 e. The summed E-state index contributed by atoms with van der Waals surface area (Å²) in [6.07, 6.45) is 0. The molecule has 21 heavy (non-hydrogen) atoms. The molecule has 0 fully saturated rings. The van der Waals surface area contributed by atoms with Crippen LogP contribution in [0.15, 0.2) is 34.8 Å². The number of hydrogen-bond acceptors (Lipinski definition) is 2. The van der Waals surface area contributed by atoms with E-state index >= 15 is 0 Å². The molecule has 1 aromatic heterocycles. The first kappa shape index (κ1) is 14.4. The Morgan fingerprint density at radius 1 is 1.05 bits per heavy atom. The molecule has 0 saturated heterocycles. The van der Waals surface area contributed by atoms with Crippen molar-refractivity contribution in [2.75, 3.05) is 0 Å². The number of benzene rings is 2. The molecule has 0 saturated carbocycles. The Morgan fingerprint density at radius 3 is 2.57 bits per heavy atom. The van der Waals surface area contributed by atoms with Gasteiger partial charge in [0.15, 0.2) is 5.82 Å². The Kier molecular flexibility index (Phi) is 3.68. The summed E-state index contributed by atoms with van der Waals surface area (Å²) in [5.41, 5.74) is 2.60. The monoisotopic (exact) mass is 364 g/mol. The fourth-order valence-electron chi connectivity index (χ4n) is 2.23. The standard InChI is InChI=1S/C16H11BrClFN2/c1-8-4-3-5-10(13(8)19)16-20-14-9(2)6-7-11(17)12(14)15(18)21-16/h3-7H,1-2H3. The zero-order valence-electron chi connectivity index (χ0n) is 11.4. The van der Waals surface area contributed by atoms with E-state index in [0.717, 1.165) is 20.9 Å². The number of fused-ring (bicyclic) bond motifs is 1. The molecule has 3 rings (SSSR count). The molecule has 0 radical (unpaired) electrons. The molecule has 2 aromatic carbocycles. The third kappa shape index (κ3) is 2.43. The van der Waals surface area contributed by atoms with Gasteiger partial charge < -0.3 is 0 Å². The van der Waals surface area contributed by atoms with E-state index in [4.69, 9.17) is 11.6 Å². The van der Waals surface area contributed by atoms with E-state index in [2.05, 4.69) is 25.9 Å². The second-order valence-corrected chi connectivity index (χ2v) is 6.07. The largest absolute Gasteiger partial charge is 0.227 e. The van der Waals surface area contributed by atoms with Crippen LogP contribution < -0.4 is 0 Å². The van der Waals surface area contributed by atoms with Gasteiger partial charge in [-0.3, -0.25) is 0 Å². The van der Waals surface area contributed by atoms with E-state index in [0.29, 0.717) is 22.1 Å². The first-order chi connectivity index (χ1) is 9.99. The lowest BCUT2D eigenvalue weighted by molar-refractivity contribution is 0.621. The topological polar surface area (TPSA) is 25.8 Å². The highest BCUT2D eigenvalue weighted by Gasteiger charge is 2.15. The average Bonchev–Trinajstić information content (AvgIpc) is 2.45. The van der Waals surface area contributed by atoms with Gasteiger partial charge in [-0.1, -0.05) is 29.8 Å². The summed E-state index contributed by atoms with van der Waals surface area (Å²) < 4.78 is 15.1. The van der Waals surface area contributed by atoms with E-state index < -0.39 is 0 Å². The van der Waals surface area contributed by atoms with Gasteiger partial charge in [0.25, 0.3) is 0 Å². The molecule has 0 aliphatic heterocycles. The third-order valence-electron chi connectivity index (χ3n) is 3.39. The molecule has 2 nitrogen and oxygen atoms in total. The highest BCUT2D eigenvalue weighted by Crippen LogP contribution is 2.33. The second-order valence-electron chi connectivity index (χ2n) is 4.86. The zero-order valence-corrected chi connectivity index (χ0v) is 13.8. The van der Waals surface area contributed by atoms with Gasteiger partial charge in [0.05, 0.1) is 16.5 Å². The van der Waals surface area contributed by atoms with Crippen molar-refractivity contribution in [3.05, 3.63) is 56.9 Å². The van der Waals surface area contributed by atoms with Crippen LogP contribution in [0.4, 0.5) is 4.39 Å². The summed E-state index contributed by atoms with van der Waals surface area (Å²) in [5.74, 6) is -0.0181. The van der Waals surface area contributed by atoms with E-state index in [1.54, 1.807) is 25.1 Å². The van der Waals surface area contributed by atoms with Crippen LogP contribution in [0.1, 0.15) is 11.1 Å². The molecule has 0 atom stereocenters. The van der Waals surface area contributed by atoms with Crippen LogP contribution in [0.2, 0.25) is 5.15 Å². The number of halogens is 3. The van der Waals surface area contributed by atoms with Crippen LogP contribution in [-0.2, 0) is 0 Å². The van der Waals surface area contributed by atoms with E-state index in [1.807, 2.05) is 19.1 Å². The number of aryl methyl sites for hydroxylation is 2. The van der Waals surface area contributed by atoms with Gasteiger partial charge in [0.2, 0.25) is 0 Å². The van der Waals surface area contributed by atoms with E-state index in [-0.39, 0.29) is 5.82 Å². The van der Waals surface area contributed by atoms with Gasteiger partial charge in [-0.15, -0.1) is 0 Å². The predicted octanol–water partition coefficient (Wildman–Crippen LogP) is 5.47. The summed E-state index contributed by atoms with van der Waals surface area (Å²) in [6.45, 7) is 3.65. The molecule has 0 amide bonds. The van der Waals surface area contributed by atoms with Gasteiger partial charge in [-0.2, -0.15) is 0 Å². The first-order valence-electron chi connectivity index (χ1n) is 6.37. The summed E-state index contributed by atoms with van der Waals surface area (Å²) in [5, 5.41) is 1.06. The minimum absolute atomic E-state index is 0.301. The molecule has 1 heterocycles. The number of rotatable bonds is 1.